The topological polar surface area (TPSA) is 0 Å². The predicted molar refractivity (Wildman–Crippen MR) is 306 cm³/mol. The van der Waals surface area contributed by atoms with Gasteiger partial charge in [0.2, 0.25) is 0 Å². The van der Waals surface area contributed by atoms with E-state index in [4.69, 9.17) is 0 Å². The van der Waals surface area contributed by atoms with Crippen molar-refractivity contribution >= 4 is 31.5 Å². The van der Waals surface area contributed by atoms with Crippen LogP contribution in [-0.4, -0.2) is 0 Å². The fourth-order valence-electron chi connectivity index (χ4n) is 13.9. The highest BCUT2D eigenvalue weighted by Gasteiger charge is 2.52. The molecule has 0 nitrogen and oxygen atoms in total. The average molecular weight is 947 g/mol. The highest BCUT2D eigenvalue weighted by Crippen LogP contribution is 2.63. The quantitative estimate of drug-likeness (QED) is 0.135. The van der Waals surface area contributed by atoms with Gasteiger partial charge in [0.25, 0.3) is 0 Å². The number of aryl methyl sites for hydroxylation is 1. The summed E-state index contributed by atoms with van der Waals surface area (Å²) in [6, 6.07) is 99.1. The predicted octanol–water partition coefficient (Wildman–Crippen LogP) is 18.4. The fraction of sp³-hybridized carbons (Fsp3) is 0.0833. The Morgan fingerprint density at radius 2 is 0.863 bits per heavy atom. The molecule has 0 N–H and O–H groups in total. The van der Waals surface area contributed by atoms with Crippen LogP contribution in [0.3, 0.4) is 0 Å². The van der Waals surface area contributed by atoms with Gasteiger partial charge in [0.15, 0.2) is 0 Å². The normalized spacial score (nSPS) is 14.4. The van der Waals surface area contributed by atoms with Crippen molar-refractivity contribution in [3.63, 3.8) is 0 Å². The Labute approximate surface area is 431 Å². The molecule has 1 atom stereocenters. The zero-order valence-corrected chi connectivity index (χ0v) is 41.2. The minimum atomic E-state index is -0.428. The van der Waals surface area contributed by atoms with E-state index in [1.165, 1.54) is 126 Å². The van der Waals surface area contributed by atoms with Crippen LogP contribution < -0.4 is 0 Å². The average Bonchev–Trinajstić information content (AvgIpc) is 4.18. The van der Waals surface area contributed by atoms with Crippen LogP contribution in [0.1, 0.15) is 73.5 Å². The molecule has 3 aliphatic rings. The highest BCUT2D eigenvalue weighted by molar-refractivity contribution is 7.26. The Morgan fingerprint density at radius 1 is 0.356 bits per heavy atom. The number of hydrogen-bond acceptors (Lipinski definition) is 1. The molecule has 0 bridgehead atoms. The van der Waals surface area contributed by atoms with E-state index in [1.54, 1.807) is 0 Å². The minimum absolute atomic E-state index is 0.246. The first-order valence-corrected chi connectivity index (χ1v) is 26.8. The minimum Gasteiger partial charge on any atom is -0.135 e. The van der Waals surface area contributed by atoms with Crippen molar-refractivity contribution in [2.75, 3.05) is 0 Å². The third-order valence-corrected chi connectivity index (χ3v) is 18.2. The molecule has 0 fully saturated rings. The van der Waals surface area contributed by atoms with Gasteiger partial charge >= 0.3 is 0 Å². The van der Waals surface area contributed by atoms with E-state index in [-0.39, 0.29) is 5.92 Å². The third-order valence-electron chi connectivity index (χ3n) is 17.0. The molecule has 1 unspecified atom stereocenters. The summed E-state index contributed by atoms with van der Waals surface area (Å²) in [5.41, 5.74) is 25.0. The Hall–Kier alpha value is -8.36. The molecule has 0 radical (unpaired) electrons. The van der Waals surface area contributed by atoms with Crippen molar-refractivity contribution < 1.29 is 0 Å². The van der Waals surface area contributed by atoms with Crippen molar-refractivity contribution in [3.8, 4) is 44.5 Å². The molecule has 1 heteroatoms. The zero-order valence-electron chi connectivity index (χ0n) is 40.4. The molecular formula is C72H50S. The molecule has 73 heavy (non-hydrogen) atoms. The van der Waals surface area contributed by atoms with E-state index in [2.05, 4.69) is 261 Å². The van der Waals surface area contributed by atoms with Gasteiger partial charge in [-0.25, -0.2) is 0 Å². The summed E-state index contributed by atoms with van der Waals surface area (Å²) in [5.74, 6) is 0.246. The molecule has 1 heterocycles. The van der Waals surface area contributed by atoms with Crippen LogP contribution in [-0.2, 0) is 23.7 Å². The van der Waals surface area contributed by atoms with Gasteiger partial charge in [-0.2, -0.15) is 0 Å². The Morgan fingerprint density at radius 3 is 1.52 bits per heavy atom. The van der Waals surface area contributed by atoms with Gasteiger partial charge in [-0.05, 0) is 137 Å². The van der Waals surface area contributed by atoms with Crippen molar-refractivity contribution in [1.82, 2.24) is 0 Å². The maximum atomic E-state index is 2.63. The second-order valence-corrected chi connectivity index (χ2v) is 21.5. The Bertz CT molecular complexity index is 4020. The van der Waals surface area contributed by atoms with Gasteiger partial charge < -0.3 is 0 Å². The second kappa shape index (κ2) is 16.6. The Kier molecular flexibility index (Phi) is 9.63. The molecule has 344 valence electrons. The summed E-state index contributed by atoms with van der Waals surface area (Å²) >= 11 is 1.91. The molecule has 0 saturated heterocycles. The third kappa shape index (κ3) is 6.13. The van der Waals surface area contributed by atoms with Crippen molar-refractivity contribution in [2.45, 2.75) is 36.0 Å². The van der Waals surface area contributed by atoms with Crippen LogP contribution in [0.2, 0.25) is 0 Å². The summed E-state index contributed by atoms with van der Waals surface area (Å²) in [5, 5.41) is 2.68. The molecule has 12 aromatic rings. The molecular weight excluding hydrogens is 897 g/mol. The largest absolute Gasteiger partial charge is 0.135 e. The first kappa shape index (κ1) is 42.3. The molecule has 15 rings (SSSR count). The second-order valence-electron chi connectivity index (χ2n) is 20.5. The first-order valence-electron chi connectivity index (χ1n) is 26.0. The lowest BCUT2D eigenvalue weighted by atomic mass is 9.67. The molecule has 0 saturated carbocycles. The van der Waals surface area contributed by atoms with Gasteiger partial charge in [-0.3, -0.25) is 0 Å². The van der Waals surface area contributed by atoms with Crippen molar-refractivity contribution in [1.29, 1.82) is 0 Å². The number of hydrogen-bond donors (Lipinski definition) is 0. The number of rotatable bonds is 9. The summed E-state index contributed by atoms with van der Waals surface area (Å²) in [4.78, 5) is 0. The standard InChI is InChI=1S/C72H50S/c1-3-20-52(21-4-1)71(53-22-5-2-6-23-53)65-34-15-10-28-61(65)69-49(19-17-35-66(69)71)41-42-50(45-47-37-39-48(40-38-47)54-29-18-30-60-59-27-11-16-36-68(59)73-70(54)60)51-43-44-58-57-26-9-14-33-64(57)72(67(58)46-51)62-31-12-7-24-55(62)56-25-8-13-32-63(56)72/h1-40,43-44,46,50H,41-42,45H2. The van der Waals surface area contributed by atoms with Gasteiger partial charge in [-0.15, -0.1) is 11.3 Å². The monoisotopic (exact) mass is 946 g/mol. The lowest BCUT2D eigenvalue weighted by Gasteiger charge is -2.34. The molecule has 1 aromatic heterocycles. The van der Waals surface area contributed by atoms with Crippen molar-refractivity contribution in [3.05, 3.63) is 322 Å². The summed E-state index contributed by atoms with van der Waals surface area (Å²) in [6.45, 7) is 0. The number of thiophene rings is 1. The zero-order chi connectivity index (χ0) is 48.1. The van der Waals surface area contributed by atoms with Crippen LogP contribution in [0.15, 0.2) is 261 Å². The van der Waals surface area contributed by atoms with Gasteiger partial charge in [0.05, 0.1) is 10.8 Å². The highest BCUT2D eigenvalue weighted by atomic mass is 32.1. The molecule has 0 amide bonds. The van der Waals surface area contributed by atoms with E-state index in [0.29, 0.717) is 0 Å². The summed E-state index contributed by atoms with van der Waals surface area (Å²) < 4.78 is 2.70. The Balaban J connectivity index is 0.874. The summed E-state index contributed by atoms with van der Waals surface area (Å²) in [7, 11) is 0. The van der Waals surface area contributed by atoms with Gasteiger partial charge in [-0.1, -0.05) is 255 Å². The lowest BCUT2D eigenvalue weighted by Crippen LogP contribution is -2.28. The van der Waals surface area contributed by atoms with Gasteiger partial charge in [0, 0.05) is 20.2 Å². The van der Waals surface area contributed by atoms with Crippen LogP contribution in [0.4, 0.5) is 0 Å². The smallest absolute Gasteiger partial charge is 0.0725 e. The maximum Gasteiger partial charge on any atom is 0.0725 e. The fourth-order valence-corrected chi connectivity index (χ4v) is 15.2. The molecule has 11 aromatic carbocycles. The van der Waals surface area contributed by atoms with Crippen LogP contribution in [0.5, 0.6) is 0 Å². The van der Waals surface area contributed by atoms with E-state index in [9.17, 15) is 0 Å². The number of benzene rings is 11. The SMILES string of the molecule is c1ccc(C2(c3ccccc3)c3ccccc3-c3c(CCC(Cc4ccc(-c5cccc6c5sc5ccccc56)cc4)c4ccc5c(c4)C4(c6ccccc6-c6ccccc64)c4ccccc4-5)cccc32)cc1. The first-order chi connectivity index (χ1) is 36.2. The van der Waals surface area contributed by atoms with Crippen LogP contribution in [0, 0.1) is 0 Å². The maximum absolute atomic E-state index is 2.63. The van der Waals surface area contributed by atoms with Crippen LogP contribution in [0.25, 0.3) is 64.7 Å². The lowest BCUT2D eigenvalue weighted by molar-refractivity contribution is 0.619. The molecule has 0 aliphatic heterocycles. The molecule has 1 spiro atoms. The van der Waals surface area contributed by atoms with E-state index >= 15 is 0 Å². The number of fused-ring (bicyclic) bond motifs is 16. The van der Waals surface area contributed by atoms with E-state index < -0.39 is 10.8 Å². The van der Waals surface area contributed by atoms with Gasteiger partial charge in [0.1, 0.15) is 0 Å². The van der Waals surface area contributed by atoms with Crippen molar-refractivity contribution in [2.24, 2.45) is 0 Å². The summed E-state index contributed by atoms with van der Waals surface area (Å²) in [6.07, 6.45) is 2.88. The van der Waals surface area contributed by atoms with E-state index in [1.807, 2.05) is 11.3 Å². The van der Waals surface area contributed by atoms with E-state index in [0.717, 1.165) is 19.3 Å². The molecule has 3 aliphatic carbocycles. The van der Waals surface area contributed by atoms with Crippen LogP contribution >= 0.6 is 11.3 Å².